The van der Waals surface area contributed by atoms with Gasteiger partial charge < -0.3 is 19.5 Å². The number of carbonyl (C=O) groups is 5. The fourth-order valence-electron chi connectivity index (χ4n) is 3.63. The third kappa shape index (κ3) is 6.90. The number of amides is 5. The number of hydrogen-bond donors (Lipinski definition) is 2. The van der Waals surface area contributed by atoms with Gasteiger partial charge in [-0.15, -0.1) is 0 Å². The predicted molar refractivity (Wildman–Crippen MR) is 126 cm³/mol. The molecule has 1 unspecified atom stereocenters. The van der Waals surface area contributed by atoms with Gasteiger partial charge in [0.05, 0.1) is 30.9 Å². The maximum atomic E-state index is 13.0. The van der Waals surface area contributed by atoms with Crippen LogP contribution in [0.3, 0.4) is 0 Å². The fraction of sp³-hybridized carbons (Fsp3) is 0.480. The number of ether oxygens (including phenoxy) is 3. The summed E-state index contributed by atoms with van der Waals surface area (Å²) < 4.78 is 15.9. The minimum Gasteiger partial charge on any atom is -0.444 e. The Morgan fingerprint density at radius 2 is 1.86 bits per heavy atom. The highest BCUT2D eigenvalue weighted by Gasteiger charge is 2.45. The molecule has 11 nitrogen and oxygen atoms in total. The van der Waals surface area contributed by atoms with Gasteiger partial charge >= 0.3 is 6.09 Å². The second kappa shape index (κ2) is 11.8. The molecular weight excluding hydrogens is 470 g/mol. The first-order valence-corrected chi connectivity index (χ1v) is 11.5. The molecule has 0 saturated carbocycles. The Balaban J connectivity index is 1.44. The molecule has 2 aliphatic rings. The zero-order valence-corrected chi connectivity index (χ0v) is 20.5. The monoisotopic (exact) mass is 499 g/mol. The van der Waals surface area contributed by atoms with Gasteiger partial charge in [0.1, 0.15) is 18.2 Å². The first kappa shape index (κ1) is 26.8. The normalized spacial score (nSPS) is 17.3. The van der Waals surface area contributed by atoms with E-state index in [2.05, 4.69) is 22.5 Å². The zero-order valence-electron chi connectivity index (χ0n) is 20.5. The van der Waals surface area contributed by atoms with Crippen molar-refractivity contribution in [2.45, 2.75) is 45.3 Å². The van der Waals surface area contributed by atoms with Gasteiger partial charge in [-0.05, 0) is 39.3 Å². The summed E-state index contributed by atoms with van der Waals surface area (Å²) in [5.74, 6) is 3.38. The molecule has 0 aliphatic carbocycles. The van der Waals surface area contributed by atoms with Crippen LogP contribution in [0.25, 0.3) is 0 Å². The number of piperidine rings is 1. The van der Waals surface area contributed by atoms with Crippen molar-refractivity contribution < 1.29 is 38.2 Å². The number of nitrogens with one attached hydrogen (secondary N) is 2. The van der Waals surface area contributed by atoms with Crippen LogP contribution in [0.5, 0.6) is 0 Å². The summed E-state index contributed by atoms with van der Waals surface area (Å²) in [5.41, 5.74) is 0.107. The molecule has 0 radical (unpaired) electrons. The number of fused-ring (bicyclic) bond motifs is 1. The van der Waals surface area contributed by atoms with E-state index >= 15 is 0 Å². The summed E-state index contributed by atoms with van der Waals surface area (Å²) in [5, 5.41) is 4.75. The third-order valence-corrected chi connectivity index (χ3v) is 5.15. The zero-order chi connectivity index (χ0) is 26.3. The van der Waals surface area contributed by atoms with Crippen LogP contribution in [0.15, 0.2) is 18.2 Å². The van der Waals surface area contributed by atoms with Crippen LogP contribution >= 0.6 is 0 Å². The number of carbonyl (C=O) groups excluding carboxylic acids is 5. The van der Waals surface area contributed by atoms with E-state index in [1.807, 2.05) is 0 Å². The van der Waals surface area contributed by atoms with Crippen LogP contribution < -0.4 is 10.6 Å². The average Bonchev–Trinajstić information content (AvgIpc) is 3.05. The number of nitrogens with zero attached hydrogens (tertiary/aromatic N) is 1. The minimum atomic E-state index is -1.03. The lowest BCUT2D eigenvalue weighted by Crippen LogP contribution is -2.54. The average molecular weight is 500 g/mol. The highest BCUT2D eigenvalue weighted by Crippen LogP contribution is 2.29. The number of benzene rings is 1. The lowest BCUT2D eigenvalue weighted by molar-refractivity contribution is -0.136. The van der Waals surface area contributed by atoms with Crippen molar-refractivity contribution in [3.8, 4) is 11.8 Å². The Morgan fingerprint density at radius 3 is 2.58 bits per heavy atom. The Labute approximate surface area is 208 Å². The molecule has 1 atom stereocenters. The van der Waals surface area contributed by atoms with Crippen LogP contribution in [-0.2, 0) is 23.8 Å². The van der Waals surface area contributed by atoms with E-state index in [-0.39, 0.29) is 37.2 Å². The molecule has 0 aromatic heterocycles. The van der Waals surface area contributed by atoms with E-state index < -0.39 is 41.4 Å². The topological polar surface area (TPSA) is 140 Å². The van der Waals surface area contributed by atoms with E-state index in [1.54, 1.807) is 32.9 Å². The molecule has 0 spiro atoms. The minimum absolute atomic E-state index is 0.0534. The summed E-state index contributed by atoms with van der Waals surface area (Å²) >= 11 is 0. The maximum Gasteiger partial charge on any atom is 0.407 e. The van der Waals surface area contributed by atoms with Crippen LogP contribution in [0.4, 0.5) is 4.79 Å². The Bertz CT molecular complexity index is 1110. The molecule has 11 heteroatoms. The van der Waals surface area contributed by atoms with Crippen LogP contribution in [-0.4, -0.2) is 79.2 Å². The van der Waals surface area contributed by atoms with Crippen molar-refractivity contribution in [3.05, 3.63) is 34.9 Å². The standard InChI is InChI=1S/C25H29N3O8/c1-25(2,3)36-24(33)26-11-13-35-15-14-34-12-5-7-16-6-4-8-17-20(16)23(32)28(22(17)31)18-9-10-19(29)27-21(18)30/h4,6,8,18H,9-15H2,1-3H3,(H,26,33)(H,27,29,30). The Hall–Kier alpha value is -3.75. The van der Waals surface area contributed by atoms with Crippen molar-refractivity contribution in [3.63, 3.8) is 0 Å². The fourth-order valence-corrected chi connectivity index (χ4v) is 3.63. The van der Waals surface area contributed by atoms with Crippen molar-refractivity contribution >= 4 is 29.7 Å². The summed E-state index contributed by atoms with van der Waals surface area (Å²) in [7, 11) is 0. The van der Waals surface area contributed by atoms with Gasteiger partial charge in [0, 0.05) is 18.5 Å². The lowest BCUT2D eigenvalue weighted by Gasteiger charge is -2.27. The SMILES string of the molecule is CC(C)(C)OC(=O)NCCOCCOCC#Cc1cccc2c1C(=O)N(C1CCC(=O)NC1=O)C2=O. The van der Waals surface area contributed by atoms with Crippen molar-refractivity contribution in [2.75, 3.05) is 33.0 Å². The van der Waals surface area contributed by atoms with E-state index in [1.165, 1.54) is 6.07 Å². The third-order valence-electron chi connectivity index (χ3n) is 5.15. The van der Waals surface area contributed by atoms with E-state index in [0.717, 1.165) is 4.90 Å². The quantitative estimate of drug-likeness (QED) is 0.307. The summed E-state index contributed by atoms with van der Waals surface area (Å²) in [6, 6.07) is 3.71. The molecule has 1 fully saturated rings. The molecule has 1 saturated heterocycles. The van der Waals surface area contributed by atoms with Crippen molar-refractivity contribution in [1.29, 1.82) is 0 Å². The van der Waals surface area contributed by atoms with Crippen molar-refractivity contribution in [1.82, 2.24) is 15.5 Å². The first-order valence-electron chi connectivity index (χ1n) is 11.5. The first-order chi connectivity index (χ1) is 17.1. The Kier molecular flexibility index (Phi) is 8.79. The highest BCUT2D eigenvalue weighted by atomic mass is 16.6. The molecule has 2 heterocycles. The molecular formula is C25H29N3O8. The van der Waals surface area contributed by atoms with Gasteiger partial charge in [-0.3, -0.25) is 29.4 Å². The molecule has 3 rings (SSSR count). The summed E-state index contributed by atoms with van der Waals surface area (Å²) in [6.45, 7) is 6.58. The number of rotatable bonds is 8. The number of alkyl carbamates (subject to hydrolysis) is 1. The molecule has 5 amide bonds. The molecule has 2 aliphatic heterocycles. The lowest BCUT2D eigenvalue weighted by atomic mass is 10.0. The molecule has 192 valence electrons. The highest BCUT2D eigenvalue weighted by molar-refractivity contribution is 6.24. The molecule has 1 aromatic rings. The van der Waals surface area contributed by atoms with Gasteiger partial charge in [-0.25, -0.2) is 4.79 Å². The van der Waals surface area contributed by atoms with Crippen molar-refractivity contribution in [2.24, 2.45) is 0 Å². The Morgan fingerprint density at radius 1 is 1.11 bits per heavy atom. The van der Waals surface area contributed by atoms with Crippen LogP contribution in [0.2, 0.25) is 0 Å². The molecule has 0 bridgehead atoms. The van der Waals surface area contributed by atoms with Gasteiger partial charge in [0.25, 0.3) is 11.8 Å². The molecule has 2 N–H and O–H groups in total. The predicted octanol–water partition coefficient (Wildman–Crippen LogP) is 0.997. The van der Waals surface area contributed by atoms with Crippen LogP contribution in [0.1, 0.15) is 59.9 Å². The van der Waals surface area contributed by atoms with E-state index in [4.69, 9.17) is 14.2 Å². The number of hydrogen-bond acceptors (Lipinski definition) is 8. The molecule has 36 heavy (non-hydrogen) atoms. The summed E-state index contributed by atoms with van der Waals surface area (Å²) in [4.78, 5) is 61.9. The maximum absolute atomic E-state index is 13.0. The largest absolute Gasteiger partial charge is 0.444 e. The van der Waals surface area contributed by atoms with Gasteiger partial charge in [-0.2, -0.15) is 0 Å². The van der Waals surface area contributed by atoms with E-state index in [0.29, 0.717) is 25.3 Å². The summed E-state index contributed by atoms with van der Waals surface area (Å²) in [6.07, 6.45) is -0.368. The second-order valence-corrected chi connectivity index (χ2v) is 9.07. The number of imide groups is 2. The second-order valence-electron chi connectivity index (χ2n) is 9.07. The molecule has 1 aromatic carbocycles. The van der Waals surface area contributed by atoms with Crippen LogP contribution in [0, 0.1) is 11.8 Å². The smallest absolute Gasteiger partial charge is 0.407 e. The van der Waals surface area contributed by atoms with Gasteiger partial charge in [0.2, 0.25) is 11.8 Å². The van der Waals surface area contributed by atoms with E-state index in [9.17, 15) is 24.0 Å². The van der Waals surface area contributed by atoms with Gasteiger partial charge in [-0.1, -0.05) is 17.9 Å². The van der Waals surface area contributed by atoms with Gasteiger partial charge in [0.15, 0.2) is 0 Å².